The van der Waals surface area contributed by atoms with Gasteiger partial charge in [-0.1, -0.05) is 13.8 Å². The summed E-state index contributed by atoms with van der Waals surface area (Å²) in [6, 6.07) is 7.06. The fourth-order valence-corrected chi connectivity index (χ4v) is 5.52. The summed E-state index contributed by atoms with van der Waals surface area (Å²) >= 11 is 0. The van der Waals surface area contributed by atoms with Crippen LogP contribution in [0.25, 0.3) is 11.4 Å². The van der Waals surface area contributed by atoms with Crippen LogP contribution in [0.5, 0.6) is 0 Å². The maximum Gasteiger partial charge on any atom is 0.276 e. The molecule has 11 nitrogen and oxygen atoms in total. The average Bonchev–Trinajstić information content (AvgIpc) is 3.31. The maximum absolute atomic E-state index is 13.6. The first-order valence-electron chi connectivity index (χ1n) is 13.4. The number of amides is 2. The van der Waals surface area contributed by atoms with Crippen LogP contribution in [0.4, 0.5) is 11.6 Å². The van der Waals surface area contributed by atoms with E-state index in [1.54, 1.807) is 35.1 Å². The molecule has 2 aliphatic rings. The molecule has 1 aromatic carbocycles. The number of aromatic nitrogens is 4. The van der Waals surface area contributed by atoms with Gasteiger partial charge in [0.15, 0.2) is 5.69 Å². The lowest BCUT2D eigenvalue weighted by Crippen LogP contribution is -2.43. The Balaban J connectivity index is 1.38. The van der Waals surface area contributed by atoms with Crippen molar-refractivity contribution in [3.05, 3.63) is 52.8 Å². The number of hydrogen-bond acceptors (Lipinski definition) is 8. The lowest BCUT2D eigenvalue weighted by Gasteiger charge is -2.31. The van der Waals surface area contributed by atoms with Crippen molar-refractivity contribution in [2.75, 3.05) is 37.8 Å². The number of aliphatic hydroxyl groups is 1. The Hall–Kier alpha value is -3.83. The molecule has 2 aromatic heterocycles. The first-order chi connectivity index (χ1) is 18.7. The third-order valence-corrected chi connectivity index (χ3v) is 7.57. The van der Waals surface area contributed by atoms with Crippen molar-refractivity contribution in [2.24, 2.45) is 0 Å². The van der Waals surface area contributed by atoms with Gasteiger partial charge in [-0.15, -0.1) is 0 Å². The average molecular weight is 533 g/mol. The minimum absolute atomic E-state index is 0.00392. The summed E-state index contributed by atoms with van der Waals surface area (Å²) in [5.74, 6) is -0.308. The third kappa shape index (κ3) is 5.50. The number of nitrogens with zero attached hydrogens (tertiary/aromatic N) is 5. The Bertz CT molecular complexity index is 1370. The van der Waals surface area contributed by atoms with Gasteiger partial charge in [-0.2, -0.15) is 5.10 Å². The van der Waals surface area contributed by atoms with Gasteiger partial charge in [0.2, 0.25) is 5.95 Å². The molecule has 5 rings (SSSR count). The summed E-state index contributed by atoms with van der Waals surface area (Å²) < 4.78 is 1.74. The van der Waals surface area contributed by atoms with Gasteiger partial charge in [-0.3, -0.25) is 14.3 Å². The Kier molecular flexibility index (Phi) is 7.37. The number of nitrogens with two attached hydrogens (primary N) is 1. The summed E-state index contributed by atoms with van der Waals surface area (Å²) in [4.78, 5) is 37.2. The lowest BCUT2D eigenvalue weighted by molar-refractivity contribution is 0.0916. The number of fused-ring (bicyclic) bond motifs is 3. The van der Waals surface area contributed by atoms with Crippen molar-refractivity contribution in [3.63, 3.8) is 0 Å². The minimum atomic E-state index is -0.415. The number of hydrogen-bond donors (Lipinski definition) is 4. The van der Waals surface area contributed by atoms with Gasteiger partial charge >= 0.3 is 0 Å². The van der Waals surface area contributed by atoms with Crippen molar-refractivity contribution in [1.29, 1.82) is 0 Å². The van der Waals surface area contributed by atoms with E-state index in [1.807, 2.05) is 0 Å². The lowest BCUT2D eigenvalue weighted by atomic mass is 9.73. The van der Waals surface area contributed by atoms with E-state index in [0.717, 1.165) is 42.8 Å². The van der Waals surface area contributed by atoms with E-state index >= 15 is 0 Å². The number of nitrogens with one attached hydrogen (secondary N) is 2. The first kappa shape index (κ1) is 26.8. The van der Waals surface area contributed by atoms with Gasteiger partial charge in [0, 0.05) is 42.2 Å². The van der Waals surface area contributed by atoms with Crippen LogP contribution in [0.3, 0.4) is 0 Å². The van der Waals surface area contributed by atoms with E-state index in [0.29, 0.717) is 42.0 Å². The van der Waals surface area contributed by atoms with Crippen LogP contribution in [0.1, 0.15) is 65.1 Å². The molecule has 0 unspecified atom stereocenters. The SMILES string of the molecule is CN1CCC(NC(=O)c2ccc(NC(=O)c3nn(CCCO)c4c3C(C)(C)Cc3cnc(N)nc3-4)cc2)CC1. The van der Waals surface area contributed by atoms with Crippen molar-refractivity contribution in [2.45, 2.75) is 57.5 Å². The Morgan fingerprint density at radius 2 is 1.87 bits per heavy atom. The number of nitrogen functional groups attached to an aromatic ring is 1. The Morgan fingerprint density at radius 3 is 2.56 bits per heavy atom. The van der Waals surface area contributed by atoms with E-state index in [4.69, 9.17) is 10.8 Å². The van der Waals surface area contributed by atoms with Gasteiger partial charge in [0.25, 0.3) is 11.8 Å². The molecule has 3 aromatic rings. The van der Waals surface area contributed by atoms with E-state index < -0.39 is 5.41 Å². The minimum Gasteiger partial charge on any atom is -0.396 e. The summed E-state index contributed by atoms with van der Waals surface area (Å²) in [6.07, 6.45) is 4.71. The van der Waals surface area contributed by atoms with Gasteiger partial charge < -0.3 is 26.4 Å². The molecule has 2 amide bonds. The van der Waals surface area contributed by atoms with E-state index in [1.165, 1.54) is 0 Å². The number of carbonyl (C=O) groups is 2. The highest BCUT2D eigenvalue weighted by molar-refractivity contribution is 6.05. The van der Waals surface area contributed by atoms with Crippen LogP contribution < -0.4 is 16.4 Å². The second kappa shape index (κ2) is 10.7. The zero-order valence-electron chi connectivity index (χ0n) is 22.7. The number of anilines is 2. The molecular formula is C28H36N8O3. The molecule has 0 spiro atoms. The van der Waals surface area contributed by atoms with Crippen LogP contribution in [-0.4, -0.2) is 74.4 Å². The third-order valence-electron chi connectivity index (χ3n) is 7.57. The van der Waals surface area contributed by atoms with Crippen LogP contribution >= 0.6 is 0 Å². The quantitative estimate of drug-likeness (QED) is 0.362. The number of aliphatic hydroxyl groups excluding tert-OH is 1. The summed E-state index contributed by atoms with van der Waals surface area (Å²) in [5.41, 5.74) is 10.0. The zero-order chi connectivity index (χ0) is 27.7. The summed E-state index contributed by atoms with van der Waals surface area (Å²) in [6.45, 7) is 6.49. The highest BCUT2D eigenvalue weighted by atomic mass is 16.3. The van der Waals surface area contributed by atoms with Gasteiger partial charge in [0.05, 0.1) is 11.4 Å². The number of likely N-dealkylation sites (tertiary alicyclic amines) is 1. The molecule has 0 atom stereocenters. The topological polar surface area (TPSA) is 151 Å². The first-order valence-corrected chi connectivity index (χ1v) is 13.4. The molecule has 0 radical (unpaired) electrons. The van der Waals surface area contributed by atoms with Crippen LogP contribution in [-0.2, 0) is 18.4 Å². The fraction of sp³-hybridized carbons (Fsp3) is 0.464. The Morgan fingerprint density at radius 1 is 1.15 bits per heavy atom. The normalized spacial score (nSPS) is 16.8. The van der Waals surface area contributed by atoms with E-state index in [2.05, 4.69) is 46.4 Å². The number of benzene rings is 1. The molecule has 1 aliphatic heterocycles. The predicted octanol–water partition coefficient (Wildman–Crippen LogP) is 2.21. The summed E-state index contributed by atoms with van der Waals surface area (Å²) in [7, 11) is 2.09. The maximum atomic E-state index is 13.6. The molecule has 1 saturated heterocycles. The monoisotopic (exact) mass is 532 g/mol. The zero-order valence-corrected chi connectivity index (χ0v) is 22.7. The van der Waals surface area contributed by atoms with Crippen LogP contribution in [0, 0.1) is 0 Å². The largest absolute Gasteiger partial charge is 0.396 e. The summed E-state index contributed by atoms with van der Waals surface area (Å²) in [5, 5.41) is 20.2. The second-order valence-corrected chi connectivity index (χ2v) is 11.1. The van der Waals surface area contributed by atoms with Crippen LogP contribution in [0.15, 0.2) is 30.5 Å². The molecule has 11 heteroatoms. The standard InChI is InChI=1S/C28H36N8O3/c1-28(2)15-18-16-30-27(29)33-22(18)24-21(28)23(34-36(24)11-4-14-37)26(39)32-19-7-5-17(6-8-19)25(38)31-20-9-12-35(3)13-10-20/h5-8,16,20,37H,4,9-15H2,1-3H3,(H,31,38)(H,32,39)(H2,29,30,33). The molecule has 1 fully saturated rings. The Labute approximate surface area is 227 Å². The molecule has 0 bridgehead atoms. The molecule has 39 heavy (non-hydrogen) atoms. The fourth-order valence-electron chi connectivity index (χ4n) is 5.52. The van der Waals surface area contributed by atoms with Crippen molar-refractivity contribution in [1.82, 2.24) is 30.0 Å². The van der Waals surface area contributed by atoms with Gasteiger partial charge in [-0.05, 0) is 81.1 Å². The van der Waals surface area contributed by atoms with Crippen molar-refractivity contribution < 1.29 is 14.7 Å². The highest BCUT2D eigenvalue weighted by Gasteiger charge is 2.40. The van der Waals surface area contributed by atoms with Crippen LogP contribution in [0.2, 0.25) is 0 Å². The smallest absolute Gasteiger partial charge is 0.276 e. The highest BCUT2D eigenvalue weighted by Crippen LogP contribution is 2.44. The van der Waals surface area contributed by atoms with Crippen molar-refractivity contribution in [3.8, 4) is 11.4 Å². The molecule has 5 N–H and O–H groups in total. The van der Waals surface area contributed by atoms with E-state index in [-0.39, 0.29) is 30.4 Å². The molecule has 1 aliphatic carbocycles. The molecule has 0 saturated carbocycles. The van der Waals surface area contributed by atoms with E-state index in [9.17, 15) is 14.7 Å². The molecule has 206 valence electrons. The van der Waals surface area contributed by atoms with Gasteiger partial charge in [-0.25, -0.2) is 9.97 Å². The number of aryl methyl sites for hydroxylation is 1. The van der Waals surface area contributed by atoms with Crippen molar-refractivity contribution >= 4 is 23.5 Å². The second-order valence-electron chi connectivity index (χ2n) is 11.1. The number of rotatable bonds is 7. The molecule has 3 heterocycles. The number of piperidine rings is 1. The van der Waals surface area contributed by atoms with Gasteiger partial charge in [0.1, 0.15) is 0 Å². The molecular weight excluding hydrogens is 496 g/mol. The predicted molar refractivity (Wildman–Crippen MR) is 148 cm³/mol. The number of carbonyl (C=O) groups excluding carboxylic acids is 2.